The van der Waals surface area contributed by atoms with Gasteiger partial charge in [-0.3, -0.25) is 4.79 Å². The van der Waals surface area contributed by atoms with Gasteiger partial charge < -0.3 is 28.9 Å². The minimum Gasteiger partial charge on any atom is -0.444 e. The van der Waals surface area contributed by atoms with Crippen molar-refractivity contribution in [2.24, 2.45) is 11.8 Å². The highest BCUT2D eigenvalue weighted by Crippen LogP contribution is 2.38. The molecule has 3 heterocycles. The normalized spacial score (nSPS) is 18.8. The molecule has 2 aromatic carbocycles. The van der Waals surface area contributed by atoms with E-state index >= 15 is 4.39 Å². The number of hydrogen-bond donors (Lipinski definition) is 1. The maximum atomic E-state index is 15.1. The lowest BCUT2D eigenvalue weighted by atomic mass is 9.88. The van der Waals surface area contributed by atoms with E-state index in [-0.39, 0.29) is 29.6 Å². The standard InChI is InChI=1S/C35H44F2N4O5/c1-23(42)33(43)41(21-25-12-15-39(20-25)34(44)46-35(2,3)4)31(26-13-16-45-17-14-26)32-38-30(28-18-27(36)10-11-29(28)37)22-40(32)19-24-8-6-5-7-9-24/h5-11,18,22-23,25-26,31,42H,12-17,19-21H2,1-4H3. The van der Waals surface area contributed by atoms with Crippen LogP contribution in [0.4, 0.5) is 13.6 Å². The van der Waals surface area contributed by atoms with Crippen molar-refractivity contribution in [2.45, 2.75) is 71.2 Å². The predicted molar refractivity (Wildman–Crippen MR) is 169 cm³/mol. The lowest BCUT2D eigenvalue weighted by Gasteiger charge is -2.40. The average Bonchev–Trinajstić information content (AvgIpc) is 3.65. The Kier molecular flexibility index (Phi) is 10.4. The Bertz CT molecular complexity index is 1500. The summed E-state index contributed by atoms with van der Waals surface area (Å²) in [5.41, 5.74) is 0.611. The first-order valence-electron chi connectivity index (χ1n) is 16.0. The molecule has 2 aliphatic rings. The molecule has 11 heteroatoms. The van der Waals surface area contributed by atoms with E-state index < -0.39 is 41.4 Å². The number of carbonyl (C=O) groups is 2. The number of imidazole rings is 1. The summed E-state index contributed by atoms with van der Waals surface area (Å²) in [5, 5.41) is 10.7. The summed E-state index contributed by atoms with van der Waals surface area (Å²) in [6, 6.07) is 12.4. The number of amides is 2. The Morgan fingerprint density at radius 1 is 1.11 bits per heavy atom. The zero-order valence-corrected chi connectivity index (χ0v) is 27.0. The summed E-state index contributed by atoms with van der Waals surface area (Å²) in [6.45, 7) is 9.45. The van der Waals surface area contributed by atoms with E-state index in [4.69, 9.17) is 14.5 Å². The van der Waals surface area contributed by atoms with Crippen molar-refractivity contribution in [3.63, 3.8) is 0 Å². The number of hydrogen-bond acceptors (Lipinski definition) is 6. The number of likely N-dealkylation sites (tertiary alicyclic amines) is 1. The van der Waals surface area contributed by atoms with Crippen molar-refractivity contribution >= 4 is 12.0 Å². The van der Waals surface area contributed by atoms with Gasteiger partial charge in [0.05, 0.1) is 11.7 Å². The average molecular weight is 639 g/mol. The summed E-state index contributed by atoms with van der Waals surface area (Å²) >= 11 is 0. The molecule has 0 spiro atoms. The van der Waals surface area contributed by atoms with E-state index in [1.54, 1.807) is 16.0 Å². The number of carbonyl (C=O) groups excluding carboxylic acids is 2. The smallest absolute Gasteiger partial charge is 0.410 e. The number of aliphatic hydroxyl groups excluding tert-OH is 1. The highest BCUT2D eigenvalue weighted by Gasteiger charge is 2.40. The van der Waals surface area contributed by atoms with Crippen molar-refractivity contribution in [1.29, 1.82) is 0 Å². The van der Waals surface area contributed by atoms with E-state index in [2.05, 4.69) is 0 Å². The van der Waals surface area contributed by atoms with Gasteiger partial charge in [-0.15, -0.1) is 0 Å². The van der Waals surface area contributed by atoms with Gasteiger partial charge in [-0.25, -0.2) is 18.6 Å². The van der Waals surface area contributed by atoms with Crippen LogP contribution in [0.25, 0.3) is 11.3 Å². The van der Waals surface area contributed by atoms with Crippen LogP contribution in [0.5, 0.6) is 0 Å². The van der Waals surface area contributed by atoms with Gasteiger partial charge in [-0.1, -0.05) is 30.3 Å². The third-order valence-electron chi connectivity index (χ3n) is 8.55. The van der Waals surface area contributed by atoms with Crippen LogP contribution in [0, 0.1) is 23.5 Å². The summed E-state index contributed by atoms with van der Waals surface area (Å²) in [6.07, 6.45) is 1.96. The summed E-state index contributed by atoms with van der Waals surface area (Å²) in [5.74, 6) is -1.29. The Hall–Kier alpha value is -3.83. The van der Waals surface area contributed by atoms with Gasteiger partial charge in [0.25, 0.3) is 5.91 Å². The highest BCUT2D eigenvalue weighted by atomic mass is 19.1. The molecular formula is C35H44F2N4O5. The molecule has 46 heavy (non-hydrogen) atoms. The molecule has 248 valence electrons. The van der Waals surface area contributed by atoms with Crippen LogP contribution in [0.2, 0.25) is 0 Å². The lowest BCUT2D eigenvalue weighted by Crippen LogP contribution is -2.47. The molecule has 2 amide bonds. The first-order valence-corrected chi connectivity index (χ1v) is 16.0. The zero-order chi connectivity index (χ0) is 33.0. The fraction of sp³-hybridized carbons (Fsp3) is 0.514. The Morgan fingerprint density at radius 3 is 2.50 bits per heavy atom. The van der Waals surface area contributed by atoms with Gasteiger partial charge in [0.2, 0.25) is 0 Å². The van der Waals surface area contributed by atoms with Crippen LogP contribution in [0.3, 0.4) is 0 Å². The lowest BCUT2D eigenvalue weighted by molar-refractivity contribution is -0.145. The van der Waals surface area contributed by atoms with E-state index in [1.807, 2.05) is 55.7 Å². The van der Waals surface area contributed by atoms with E-state index in [0.717, 1.165) is 23.8 Å². The first-order chi connectivity index (χ1) is 21.9. The topological polar surface area (TPSA) is 97.1 Å². The summed E-state index contributed by atoms with van der Waals surface area (Å²) in [4.78, 5) is 35.1. The van der Waals surface area contributed by atoms with Crippen LogP contribution >= 0.6 is 0 Å². The third kappa shape index (κ3) is 8.11. The monoisotopic (exact) mass is 638 g/mol. The second kappa shape index (κ2) is 14.3. The molecule has 3 unspecified atom stereocenters. The minimum absolute atomic E-state index is 0.0241. The Labute approximate surface area is 269 Å². The van der Waals surface area contributed by atoms with E-state index in [1.165, 1.54) is 6.92 Å². The van der Waals surface area contributed by atoms with Crippen molar-refractivity contribution in [3.8, 4) is 11.3 Å². The van der Waals surface area contributed by atoms with Crippen LogP contribution in [-0.2, 0) is 20.8 Å². The number of aliphatic hydroxyl groups is 1. The van der Waals surface area contributed by atoms with Gasteiger partial charge in [-0.05, 0) is 82.6 Å². The van der Waals surface area contributed by atoms with Crippen molar-refractivity contribution in [2.75, 3.05) is 32.8 Å². The van der Waals surface area contributed by atoms with E-state index in [0.29, 0.717) is 57.9 Å². The third-order valence-corrected chi connectivity index (χ3v) is 8.55. The van der Waals surface area contributed by atoms with Crippen molar-refractivity contribution < 1.29 is 33.0 Å². The van der Waals surface area contributed by atoms with Crippen LogP contribution < -0.4 is 0 Å². The Balaban J connectivity index is 1.57. The van der Waals surface area contributed by atoms with Crippen LogP contribution in [0.15, 0.2) is 54.7 Å². The fourth-order valence-corrected chi connectivity index (χ4v) is 6.37. The molecule has 0 aliphatic carbocycles. The second-order valence-electron chi connectivity index (χ2n) is 13.4. The SMILES string of the molecule is CC(O)C(=O)N(CC1CCN(C(=O)OC(C)(C)C)C1)C(c1nc(-c2cc(F)ccc2F)cn1Cc1ccccc1)C1CCOCC1. The highest BCUT2D eigenvalue weighted by molar-refractivity contribution is 5.80. The maximum Gasteiger partial charge on any atom is 0.410 e. The molecule has 0 radical (unpaired) electrons. The molecule has 3 aromatic rings. The molecular weight excluding hydrogens is 594 g/mol. The molecule has 2 aliphatic heterocycles. The molecule has 3 atom stereocenters. The molecule has 0 saturated carbocycles. The number of benzene rings is 2. The molecule has 2 fully saturated rings. The number of rotatable bonds is 9. The van der Waals surface area contributed by atoms with Gasteiger partial charge in [-0.2, -0.15) is 0 Å². The summed E-state index contributed by atoms with van der Waals surface area (Å²) in [7, 11) is 0. The van der Waals surface area contributed by atoms with Gasteiger partial charge in [0.15, 0.2) is 0 Å². The van der Waals surface area contributed by atoms with Gasteiger partial charge in [0.1, 0.15) is 29.2 Å². The molecule has 1 aromatic heterocycles. The molecule has 9 nitrogen and oxygen atoms in total. The van der Waals surface area contributed by atoms with Crippen LogP contribution in [-0.4, -0.2) is 81.0 Å². The van der Waals surface area contributed by atoms with Crippen molar-refractivity contribution in [1.82, 2.24) is 19.4 Å². The zero-order valence-electron chi connectivity index (χ0n) is 27.0. The predicted octanol–water partition coefficient (Wildman–Crippen LogP) is 5.81. The molecule has 5 rings (SSSR count). The quantitative estimate of drug-likeness (QED) is 0.318. The Morgan fingerprint density at radius 2 is 1.83 bits per heavy atom. The van der Waals surface area contributed by atoms with Crippen LogP contribution in [0.1, 0.15) is 64.4 Å². The fourth-order valence-electron chi connectivity index (χ4n) is 6.37. The van der Waals surface area contributed by atoms with Crippen molar-refractivity contribution in [3.05, 3.63) is 77.8 Å². The minimum atomic E-state index is -1.29. The number of halogens is 2. The molecule has 1 N–H and O–H groups in total. The number of nitrogens with zero attached hydrogens (tertiary/aromatic N) is 4. The largest absolute Gasteiger partial charge is 0.444 e. The number of ether oxygens (including phenoxy) is 2. The summed E-state index contributed by atoms with van der Waals surface area (Å²) < 4.78 is 42.6. The maximum absolute atomic E-state index is 15.1. The van der Waals surface area contributed by atoms with Gasteiger partial charge in [0, 0.05) is 51.2 Å². The first kappa shape index (κ1) is 33.5. The van der Waals surface area contributed by atoms with Gasteiger partial charge >= 0.3 is 6.09 Å². The number of aromatic nitrogens is 2. The van der Waals surface area contributed by atoms with E-state index in [9.17, 15) is 19.1 Å². The molecule has 0 bridgehead atoms. The second-order valence-corrected chi connectivity index (χ2v) is 13.4. The molecule has 2 saturated heterocycles.